The largest absolute Gasteiger partial charge is 0.370 e. The number of guanidine groups is 1. The Morgan fingerprint density at radius 2 is 0.830 bits per heavy atom. The Bertz CT molecular complexity index is 702. The second-order valence-corrected chi connectivity index (χ2v) is 14.2. The molecule has 0 aromatic heterocycles. The van der Waals surface area contributed by atoms with E-state index in [4.69, 9.17) is 11.1 Å². The van der Waals surface area contributed by atoms with Crippen LogP contribution in [0.1, 0.15) is 219 Å². The highest BCUT2D eigenvalue weighted by Gasteiger charge is 2.20. The molecule has 7 nitrogen and oxygen atoms in total. The van der Waals surface area contributed by atoms with Crippen LogP contribution in [0.5, 0.6) is 0 Å². The van der Waals surface area contributed by atoms with Gasteiger partial charge >= 0.3 is 0 Å². The fraction of sp³-hybridized carbons (Fsp3) is 0.925. The Labute approximate surface area is 292 Å². The molecule has 0 saturated heterocycles. The number of hydrogen-bond acceptors (Lipinski definition) is 3. The van der Waals surface area contributed by atoms with E-state index in [1.165, 1.54) is 161 Å². The average Bonchev–Trinajstić information content (AvgIpc) is 3.05. The molecule has 6 N–H and O–H groups in total. The number of unbranched alkanes of at least 4 members (excludes halogenated alkanes) is 27. The zero-order valence-corrected chi connectivity index (χ0v) is 31.5. The van der Waals surface area contributed by atoms with Crippen molar-refractivity contribution in [2.75, 3.05) is 13.1 Å². The van der Waals surface area contributed by atoms with Crippen LogP contribution in [0.25, 0.3) is 0 Å². The van der Waals surface area contributed by atoms with E-state index >= 15 is 0 Å². The van der Waals surface area contributed by atoms with Gasteiger partial charge in [0, 0.05) is 19.5 Å². The van der Waals surface area contributed by atoms with Crippen LogP contribution in [-0.2, 0) is 9.59 Å². The van der Waals surface area contributed by atoms with Gasteiger partial charge in [-0.15, -0.1) is 0 Å². The first-order chi connectivity index (χ1) is 23.0. The fourth-order valence-electron chi connectivity index (χ4n) is 6.38. The maximum atomic E-state index is 12.9. The van der Waals surface area contributed by atoms with Crippen LogP contribution in [0.15, 0.2) is 0 Å². The van der Waals surface area contributed by atoms with E-state index in [1.807, 2.05) is 0 Å². The van der Waals surface area contributed by atoms with E-state index in [-0.39, 0.29) is 17.8 Å². The summed E-state index contributed by atoms with van der Waals surface area (Å²) in [6.07, 6.45) is 39.7. The van der Waals surface area contributed by atoms with Gasteiger partial charge in [0.15, 0.2) is 5.96 Å². The SMILES string of the molecule is CCCCCCCCCCCCCCCCCCCCCC(=O)NC(CCCNC(=N)N)C(=O)NCCCCCCCCCCCC. The summed E-state index contributed by atoms with van der Waals surface area (Å²) >= 11 is 0. The first kappa shape index (κ1) is 45.2. The Balaban J connectivity index is 3.89. The normalized spacial score (nSPS) is 11.8. The second kappa shape index (κ2) is 37.0. The van der Waals surface area contributed by atoms with Crippen molar-refractivity contribution in [2.24, 2.45) is 5.73 Å². The molecule has 7 heteroatoms. The van der Waals surface area contributed by atoms with Crippen LogP contribution in [0.2, 0.25) is 0 Å². The maximum absolute atomic E-state index is 12.9. The molecule has 0 saturated carbocycles. The zero-order valence-electron chi connectivity index (χ0n) is 31.5. The first-order valence-corrected chi connectivity index (χ1v) is 20.7. The highest BCUT2D eigenvalue weighted by atomic mass is 16.2. The molecular formula is C40H81N5O2. The predicted molar refractivity (Wildman–Crippen MR) is 204 cm³/mol. The van der Waals surface area contributed by atoms with Crippen LogP contribution in [0, 0.1) is 5.41 Å². The lowest BCUT2D eigenvalue weighted by Crippen LogP contribution is -2.47. The lowest BCUT2D eigenvalue weighted by molar-refractivity contribution is -0.129. The molecule has 0 fully saturated rings. The van der Waals surface area contributed by atoms with Crippen molar-refractivity contribution in [2.45, 2.75) is 225 Å². The summed E-state index contributed by atoms with van der Waals surface area (Å²) in [4.78, 5) is 25.6. The van der Waals surface area contributed by atoms with Crippen molar-refractivity contribution in [3.8, 4) is 0 Å². The molecule has 0 aromatic rings. The third-order valence-electron chi connectivity index (χ3n) is 9.47. The number of carbonyl (C=O) groups is 2. The van der Waals surface area contributed by atoms with Gasteiger partial charge in [0.25, 0.3) is 0 Å². The lowest BCUT2D eigenvalue weighted by atomic mass is 10.0. The molecule has 0 bridgehead atoms. The molecule has 0 aromatic carbocycles. The van der Waals surface area contributed by atoms with E-state index in [0.29, 0.717) is 32.4 Å². The van der Waals surface area contributed by atoms with Crippen LogP contribution >= 0.6 is 0 Å². The summed E-state index contributed by atoms with van der Waals surface area (Å²) in [5, 5.41) is 16.2. The molecule has 0 radical (unpaired) electrons. The Hall–Kier alpha value is -1.79. The lowest BCUT2D eigenvalue weighted by Gasteiger charge is -2.19. The summed E-state index contributed by atoms with van der Waals surface area (Å²) in [5.41, 5.74) is 5.39. The van der Waals surface area contributed by atoms with Gasteiger partial charge in [-0.05, 0) is 25.7 Å². The molecule has 0 heterocycles. The number of amides is 2. The maximum Gasteiger partial charge on any atom is 0.242 e. The van der Waals surface area contributed by atoms with E-state index in [2.05, 4.69) is 29.8 Å². The van der Waals surface area contributed by atoms with Crippen LogP contribution in [-0.4, -0.2) is 36.9 Å². The van der Waals surface area contributed by atoms with E-state index in [9.17, 15) is 9.59 Å². The van der Waals surface area contributed by atoms with Gasteiger partial charge in [-0.25, -0.2) is 0 Å². The molecule has 0 aliphatic rings. The van der Waals surface area contributed by atoms with E-state index < -0.39 is 6.04 Å². The van der Waals surface area contributed by atoms with Crippen molar-refractivity contribution < 1.29 is 9.59 Å². The van der Waals surface area contributed by atoms with Crippen molar-refractivity contribution in [3.05, 3.63) is 0 Å². The van der Waals surface area contributed by atoms with Crippen molar-refractivity contribution in [3.63, 3.8) is 0 Å². The average molecular weight is 664 g/mol. The molecule has 0 spiro atoms. The highest BCUT2D eigenvalue weighted by molar-refractivity contribution is 5.87. The zero-order chi connectivity index (χ0) is 34.5. The van der Waals surface area contributed by atoms with Gasteiger partial charge < -0.3 is 21.7 Å². The van der Waals surface area contributed by atoms with E-state index in [0.717, 1.165) is 25.7 Å². The summed E-state index contributed by atoms with van der Waals surface area (Å²) in [7, 11) is 0. The standard InChI is InChI=1S/C40H81N5O2/c1-3-5-7-9-11-13-15-16-17-18-19-20-21-22-23-24-26-28-30-34-38(46)45-37(33-32-36-44-40(41)42)39(47)43-35-31-29-27-25-14-12-10-8-6-4-2/h37H,3-36H2,1-2H3,(H,43,47)(H,45,46)(H4,41,42,44). The number of hydrogen-bond donors (Lipinski definition) is 5. The number of nitrogens with one attached hydrogen (secondary N) is 4. The minimum Gasteiger partial charge on any atom is -0.370 e. The first-order valence-electron chi connectivity index (χ1n) is 20.7. The van der Waals surface area contributed by atoms with Crippen molar-refractivity contribution in [1.82, 2.24) is 16.0 Å². The molecule has 47 heavy (non-hydrogen) atoms. The minimum absolute atomic E-state index is 0.0319. The topological polar surface area (TPSA) is 120 Å². The third kappa shape index (κ3) is 35.3. The minimum atomic E-state index is -0.528. The van der Waals surface area contributed by atoms with Gasteiger partial charge in [-0.1, -0.05) is 187 Å². The van der Waals surface area contributed by atoms with Crippen LogP contribution in [0.3, 0.4) is 0 Å². The molecule has 0 rings (SSSR count). The molecule has 1 atom stereocenters. The van der Waals surface area contributed by atoms with Crippen molar-refractivity contribution >= 4 is 17.8 Å². The van der Waals surface area contributed by atoms with Crippen LogP contribution in [0.4, 0.5) is 0 Å². The van der Waals surface area contributed by atoms with E-state index in [1.54, 1.807) is 0 Å². The molecular weight excluding hydrogens is 582 g/mol. The Morgan fingerprint density at radius 3 is 1.21 bits per heavy atom. The summed E-state index contributed by atoms with van der Waals surface area (Å²) < 4.78 is 0. The van der Waals surface area contributed by atoms with Crippen molar-refractivity contribution in [1.29, 1.82) is 5.41 Å². The smallest absolute Gasteiger partial charge is 0.242 e. The van der Waals surface area contributed by atoms with Gasteiger partial charge in [-0.2, -0.15) is 0 Å². The Morgan fingerprint density at radius 1 is 0.489 bits per heavy atom. The monoisotopic (exact) mass is 664 g/mol. The molecule has 278 valence electrons. The van der Waals surface area contributed by atoms with Gasteiger partial charge in [0.05, 0.1) is 0 Å². The van der Waals surface area contributed by atoms with Gasteiger partial charge in [0.1, 0.15) is 6.04 Å². The number of rotatable bonds is 37. The number of nitrogens with two attached hydrogens (primary N) is 1. The van der Waals surface area contributed by atoms with Gasteiger partial charge in [-0.3, -0.25) is 15.0 Å². The highest BCUT2D eigenvalue weighted by Crippen LogP contribution is 2.15. The summed E-state index contributed by atoms with van der Waals surface area (Å²) in [6, 6.07) is -0.528. The molecule has 2 amide bonds. The molecule has 0 aliphatic heterocycles. The molecule has 0 aliphatic carbocycles. The summed E-state index contributed by atoms with van der Waals surface area (Å²) in [6.45, 7) is 5.72. The quantitative estimate of drug-likeness (QED) is 0.0258. The Kier molecular flexibility index (Phi) is 35.6. The second-order valence-electron chi connectivity index (χ2n) is 14.2. The summed E-state index contributed by atoms with van der Waals surface area (Å²) in [5.74, 6) is -0.193. The van der Waals surface area contributed by atoms with Crippen LogP contribution < -0.4 is 21.7 Å². The molecule has 1 unspecified atom stereocenters. The predicted octanol–water partition coefficient (Wildman–Crippen LogP) is 10.6. The number of carbonyl (C=O) groups excluding carboxylic acids is 2. The fourth-order valence-corrected chi connectivity index (χ4v) is 6.38. The van der Waals surface area contributed by atoms with Gasteiger partial charge in [0.2, 0.25) is 11.8 Å². The third-order valence-corrected chi connectivity index (χ3v) is 9.47.